The maximum absolute atomic E-state index is 11.9. The number of esters is 1. The fourth-order valence-electron chi connectivity index (χ4n) is 3.24. The summed E-state index contributed by atoms with van der Waals surface area (Å²) < 4.78 is 10.4. The summed E-state index contributed by atoms with van der Waals surface area (Å²) in [6.45, 7) is 3.64. The molecule has 2 fully saturated rings. The fourth-order valence-corrected chi connectivity index (χ4v) is 3.24. The van der Waals surface area contributed by atoms with Crippen LogP contribution in [0.25, 0.3) is 0 Å². The van der Waals surface area contributed by atoms with Gasteiger partial charge in [0, 0.05) is 19.8 Å². The van der Waals surface area contributed by atoms with Crippen LogP contribution in [-0.4, -0.2) is 51.3 Å². The van der Waals surface area contributed by atoms with Gasteiger partial charge in [0.2, 0.25) is 0 Å². The molecule has 0 aliphatic carbocycles. The molecule has 2 heterocycles. The lowest BCUT2D eigenvalue weighted by Crippen LogP contribution is -2.45. The van der Waals surface area contributed by atoms with Crippen LogP contribution in [0, 0.1) is 17.8 Å². The van der Waals surface area contributed by atoms with Crippen molar-refractivity contribution in [3.05, 3.63) is 0 Å². The molecule has 0 bridgehead atoms. The van der Waals surface area contributed by atoms with Crippen LogP contribution < -0.4 is 0 Å². The Hall–Kier alpha value is -0.610. The van der Waals surface area contributed by atoms with Gasteiger partial charge in [-0.1, -0.05) is 0 Å². The summed E-state index contributed by atoms with van der Waals surface area (Å²) in [5.74, 6) is 1.15. The molecular formula is C13H23NO3. The predicted molar refractivity (Wildman–Crippen MR) is 64.7 cm³/mol. The summed E-state index contributed by atoms with van der Waals surface area (Å²) in [5, 5.41) is 0. The molecule has 2 atom stereocenters. The summed E-state index contributed by atoms with van der Waals surface area (Å²) in [5.41, 5.74) is 0. The second kappa shape index (κ2) is 5.83. The van der Waals surface area contributed by atoms with Crippen LogP contribution in [0.3, 0.4) is 0 Å². The van der Waals surface area contributed by atoms with Gasteiger partial charge in [-0.3, -0.25) is 4.79 Å². The van der Waals surface area contributed by atoms with Crippen molar-refractivity contribution in [3.8, 4) is 0 Å². The average molecular weight is 241 g/mol. The molecule has 0 aromatic heterocycles. The van der Waals surface area contributed by atoms with Crippen molar-refractivity contribution in [2.45, 2.75) is 19.3 Å². The van der Waals surface area contributed by atoms with E-state index in [-0.39, 0.29) is 11.9 Å². The zero-order valence-corrected chi connectivity index (χ0v) is 10.9. The SMILES string of the molecule is COC(=O)C1CN(C)CCC1C1CCOCC1. The van der Waals surface area contributed by atoms with Crippen LogP contribution in [0.4, 0.5) is 0 Å². The van der Waals surface area contributed by atoms with Crippen molar-refractivity contribution < 1.29 is 14.3 Å². The molecule has 2 aliphatic rings. The third-order valence-electron chi connectivity index (χ3n) is 4.24. The minimum atomic E-state index is -0.0342. The number of hydrogen-bond donors (Lipinski definition) is 0. The van der Waals surface area contributed by atoms with Crippen LogP contribution in [0.15, 0.2) is 0 Å². The van der Waals surface area contributed by atoms with Crippen LogP contribution >= 0.6 is 0 Å². The van der Waals surface area contributed by atoms with Gasteiger partial charge in [-0.15, -0.1) is 0 Å². The van der Waals surface area contributed by atoms with Gasteiger partial charge in [-0.2, -0.15) is 0 Å². The molecule has 4 nitrogen and oxygen atoms in total. The van der Waals surface area contributed by atoms with Crippen molar-refractivity contribution in [1.82, 2.24) is 4.90 Å². The molecule has 17 heavy (non-hydrogen) atoms. The smallest absolute Gasteiger partial charge is 0.310 e. The summed E-state index contributed by atoms with van der Waals surface area (Å²) in [6, 6.07) is 0. The zero-order chi connectivity index (χ0) is 12.3. The van der Waals surface area contributed by atoms with E-state index in [9.17, 15) is 4.79 Å². The molecule has 0 radical (unpaired) electrons. The number of rotatable bonds is 2. The Morgan fingerprint density at radius 1 is 1.29 bits per heavy atom. The van der Waals surface area contributed by atoms with Crippen molar-refractivity contribution >= 4 is 5.97 Å². The van der Waals surface area contributed by atoms with E-state index in [4.69, 9.17) is 9.47 Å². The monoisotopic (exact) mass is 241 g/mol. The molecule has 4 heteroatoms. The van der Waals surface area contributed by atoms with E-state index in [1.54, 1.807) is 0 Å². The average Bonchev–Trinajstić information content (AvgIpc) is 2.38. The van der Waals surface area contributed by atoms with Crippen LogP contribution in [-0.2, 0) is 14.3 Å². The third-order valence-corrected chi connectivity index (χ3v) is 4.24. The Morgan fingerprint density at radius 3 is 2.65 bits per heavy atom. The number of nitrogens with zero attached hydrogens (tertiary/aromatic N) is 1. The first-order valence-electron chi connectivity index (χ1n) is 6.56. The Balaban J connectivity index is 2.03. The summed E-state index contributed by atoms with van der Waals surface area (Å²) in [7, 11) is 3.58. The lowest BCUT2D eigenvalue weighted by atomic mass is 9.73. The van der Waals surface area contributed by atoms with Crippen molar-refractivity contribution in [2.24, 2.45) is 17.8 Å². The maximum atomic E-state index is 11.9. The van der Waals surface area contributed by atoms with Crippen LogP contribution in [0.1, 0.15) is 19.3 Å². The van der Waals surface area contributed by atoms with Gasteiger partial charge in [0.15, 0.2) is 0 Å². The van der Waals surface area contributed by atoms with E-state index in [1.165, 1.54) is 7.11 Å². The van der Waals surface area contributed by atoms with Crippen molar-refractivity contribution in [3.63, 3.8) is 0 Å². The Kier molecular flexibility index (Phi) is 4.40. The van der Waals surface area contributed by atoms with E-state index in [0.29, 0.717) is 11.8 Å². The first kappa shape index (κ1) is 12.8. The minimum absolute atomic E-state index is 0.0342. The topological polar surface area (TPSA) is 38.8 Å². The Morgan fingerprint density at radius 2 is 2.00 bits per heavy atom. The number of hydrogen-bond acceptors (Lipinski definition) is 4. The second-order valence-electron chi connectivity index (χ2n) is 5.29. The number of carbonyl (C=O) groups excluding carboxylic acids is 1. The highest BCUT2D eigenvalue weighted by Gasteiger charge is 2.38. The van der Waals surface area contributed by atoms with Gasteiger partial charge < -0.3 is 14.4 Å². The molecule has 0 saturated carbocycles. The van der Waals surface area contributed by atoms with E-state index in [2.05, 4.69) is 11.9 Å². The van der Waals surface area contributed by atoms with Gasteiger partial charge in [-0.25, -0.2) is 0 Å². The number of likely N-dealkylation sites (tertiary alicyclic amines) is 1. The number of piperidine rings is 1. The molecule has 0 spiro atoms. The lowest BCUT2D eigenvalue weighted by molar-refractivity contribution is -0.151. The highest BCUT2D eigenvalue weighted by atomic mass is 16.5. The zero-order valence-electron chi connectivity index (χ0n) is 10.9. The van der Waals surface area contributed by atoms with Crippen LogP contribution in [0.5, 0.6) is 0 Å². The number of ether oxygens (including phenoxy) is 2. The van der Waals surface area contributed by atoms with Gasteiger partial charge in [0.05, 0.1) is 13.0 Å². The molecule has 2 rings (SSSR count). The van der Waals surface area contributed by atoms with E-state index in [0.717, 1.165) is 45.6 Å². The van der Waals surface area contributed by atoms with Gasteiger partial charge in [-0.05, 0) is 44.7 Å². The molecule has 2 unspecified atom stereocenters. The van der Waals surface area contributed by atoms with Crippen molar-refractivity contribution in [1.29, 1.82) is 0 Å². The number of carbonyl (C=O) groups is 1. The quantitative estimate of drug-likeness (QED) is 0.680. The molecule has 2 saturated heterocycles. The molecule has 2 aliphatic heterocycles. The van der Waals surface area contributed by atoms with Gasteiger partial charge in [0.25, 0.3) is 0 Å². The Labute approximate surface area is 103 Å². The normalized spacial score (nSPS) is 32.4. The maximum Gasteiger partial charge on any atom is 0.310 e. The summed E-state index contributed by atoms with van der Waals surface area (Å²) in [4.78, 5) is 14.1. The minimum Gasteiger partial charge on any atom is -0.469 e. The van der Waals surface area contributed by atoms with E-state index in [1.807, 2.05) is 0 Å². The van der Waals surface area contributed by atoms with E-state index >= 15 is 0 Å². The molecular weight excluding hydrogens is 218 g/mol. The molecule has 0 aromatic carbocycles. The second-order valence-corrected chi connectivity index (χ2v) is 5.29. The van der Waals surface area contributed by atoms with Gasteiger partial charge in [0.1, 0.15) is 0 Å². The summed E-state index contributed by atoms with van der Waals surface area (Å²) >= 11 is 0. The third kappa shape index (κ3) is 2.99. The predicted octanol–water partition coefficient (Wildman–Crippen LogP) is 1.15. The highest BCUT2D eigenvalue weighted by Crippen LogP contribution is 2.35. The molecule has 0 N–H and O–H groups in total. The standard InChI is InChI=1S/C13H23NO3/c1-14-6-3-11(10-4-7-17-8-5-10)12(9-14)13(15)16-2/h10-12H,3-9H2,1-2H3. The van der Waals surface area contributed by atoms with Crippen molar-refractivity contribution in [2.75, 3.05) is 40.5 Å². The van der Waals surface area contributed by atoms with Gasteiger partial charge >= 0.3 is 5.97 Å². The lowest BCUT2D eigenvalue weighted by Gasteiger charge is -2.40. The first-order chi connectivity index (χ1) is 8.22. The molecule has 98 valence electrons. The van der Waals surface area contributed by atoms with E-state index < -0.39 is 0 Å². The van der Waals surface area contributed by atoms with Crippen LogP contribution in [0.2, 0.25) is 0 Å². The molecule has 0 amide bonds. The number of methoxy groups -OCH3 is 1. The Bertz CT molecular complexity index is 263. The molecule has 0 aromatic rings. The largest absolute Gasteiger partial charge is 0.469 e. The fraction of sp³-hybridized carbons (Fsp3) is 0.923. The highest BCUT2D eigenvalue weighted by molar-refractivity contribution is 5.73. The first-order valence-corrected chi connectivity index (χ1v) is 6.56. The summed E-state index contributed by atoms with van der Waals surface area (Å²) in [6.07, 6.45) is 3.31.